The molecule has 0 bridgehead atoms. The number of rotatable bonds is 0. The average Bonchev–Trinajstić information content (AvgIpc) is 3.26. The van der Waals surface area contributed by atoms with E-state index < -0.39 is 0 Å². The van der Waals surface area contributed by atoms with Crippen LogP contribution in [0.2, 0.25) is 0 Å². The van der Waals surface area contributed by atoms with Gasteiger partial charge in [-0.15, -0.1) is 0 Å². The van der Waals surface area contributed by atoms with Crippen molar-refractivity contribution in [2.75, 3.05) is 0 Å². The number of fused-ring (bicyclic) bond motifs is 11. The van der Waals surface area contributed by atoms with Gasteiger partial charge in [-0.2, -0.15) is 0 Å². The molecule has 16 spiro atoms. The van der Waals surface area contributed by atoms with Crippen LogP contribution in [0.25, 0.3) is 0 Å². The van der Waals surface area contributed by atoms with Gasteiger partial charge in [-0.25, -0.2) is 0 Å². The summed E-state index contributed by atoms with van der Waals surface area (Å²) < 4.78 is 0. The quantitative estimate of drug-likeness (QED) is 0.493. The van der Waals surface area contributed by atoms with Crippen molar-refractivity contribution >= 4 is 0 Å². The van der Waals surface area contributed by atoms with Crippen molar-refractivity contribution in [3.05, 3.63) is 0 Å². The fourth-order valence-corrected chi connectivity index (χ4v) is 39.9. The van der Waals surface area contributed by atoms with Crippen LogP contribution >= 0.6 is 0 Å². The monoisotopic (exact) mass is 482 g/mol. The summed E-state index contributed by atoms with van der Waals surface area (Å²) in [6, 6.07) is 0. The van der Waals surface area contributed by atoms with Gasteiger partial charge in [0.05, 0.1) is 0 Å². The van der Waals surface area contributed by atoms with Crippen LogP contribution in [-0.2, 0) is 0 Å². The van der Waals surface area contributed by atoms with Crippen molar-refractivity contribution in [3.63, 3.8) is 0 Å². The lowest BCUT2D eigenvalue weighted by Gasteiger charge is -3.59. The predicted molar refractivity (Wildman–Crippen MR) is 120 cm³/mol. The third-order valence-electron chi connectivity index (χ3n) is 31.7. The van der Waals surface area contributed by atoms with E-state index in [4.69, 9.17) is 0 Å². The minimum absolute atomic E-state index is 1.09. The first-order valence-electron chi connectivity index (χ1n) is 18.9. The third kappa shape index (κ3) is 0.293. The molecule has 0 aliphatic heterocycles. The van der Waals surface area contributed by atoms with Gasteiger partial charge in [0.2, 0.25) is 0 Å². The summed E-state index contributed by atoms with van der Waals surface area (Å²) in [6.45, 7) is 0. The molecule has 26 rings (SSSR count). The van der Waals surface area contributed by atoms with Crippen LogP contribution < -0.4 is 0 Å². The van der Waals surface area contributed by atoms with Crippen LogP contribution in [0.4, 0.5) is 0 Å². The van der Waals surface area contributed by atoms with E-state index in [1.165, 1.54) is 107 Å². The first-order chi connectivity index (χ1) is 18.9. The van der Waals surface area contributed by atoms with Gasteiger partial charge in [-0.3, -0.25) is 0 Å². The van der Waals surface area contributed by atoms with Gasteiger partial charge in [-0.1, -0.05) is 0 Å². The molecule has 0 heteroatoms. The van der Waals surface area contributed by atoms with Gasteiger partial charge in [-0.05, 0) is 219 Å². The third-order valence-corrected chi connectivity index (χ3v) is 31.7. The Kier molecular flexibility index (Phi) is 0.697. The summed E-state index contributed by atoms with van der Waals surface area (Å²) in [6.07, 6.45) is 7.34. The van der Waals surface area contributed by atoms with E-state index in [0.29, 0.717) is 0 Å². The van der Waals surface area contributed by atoms with E-state index in [2.05, 4.69) is 0 Å². The highest BCUT2D eigenvalue weighted by molar-refractivity contribution is 6.06. The zero-order valence-electron chi connectivity index (χ0n) is 21.2. The normalized spacial score (nSPS) is 135. The van der Waals surface area contributed by atoms with Crippen LogP contribution in [0.3, 0.4) is 0 Å². The Bertz CT molecular complexity index is 2230. The molecule has 0 N–H and O–H groups in total. The Hall–Kier alpha value is 0. The Morgan fingerprint density at radius 1 is 0.289 bits per heavy atom. The highest BCUT2D eigenvalue weighted by atomic mass is 15.6. The molecule has 38 heavy (non-hydrogen) atoms. The highest BCUT2D eigenvalue weighted by Gasteiger charge is 3.62. The second-order valence-corrected chi connectivity index (χ2v) is 24.1. The average molecular weight is 483 g/mol. The molecule has 26 aliphatic rings. The van der Waals surface area contributed by atoms with Gasteiger partial charge in [0.1, 0.15) is 0 Å². The molecule has 0 heterocycles. The van der Waals surface area contributed by atoms with Crippen LogP contribution in [0.15, 0.2) is 0 Å². The molecule has 26 aliphatic carbocycles. The molecule has 178 valence electrons. The van der Waals surface area contributed by atoms with E-state index in [0.717, 1.165) is 86.6 Å². The van der Waals surface area contributed by atoms with Gasteiger partial charge in [0, 0.05) is 0 Å². The van der Waals surface area contributed by atoms with Crippen LogP contribution in [0.5, 0.6) is 0 Å². The van der Waals surface area contributed by atoms with Gasteiger partial charge in [0.15, 0.2) is 0 Å². The fraction of sp³-hybridized carbons (Fsp3) is 1.00. The predicted octanol–water partition coefficient (Wildman–Crippen LogP) is 3.77. The molecule has 34 unspecified atom stereocenters. The molecule has 0 nitrogen and oxygen atoms in total. The number of hydrogen-bond donors (Lipinski definition) is 0. The zero-order chi connectivity index (χ0) is 21.2. The Morgan fingerprint density at radius 3 is 1.18 bits per heavy atom. The van der Waals surface area contributed by atoms with E-state index in [1.807, 2.05) is 25.7 Å². The minimum Gasteiger partial charge on any atom is -0.0461 e. The van der Waals surface area contributed by atoms with Gasteiger partial charge < -0.3 is 0 Å². The van der Waals surface area contributed by atoms with E-state index in [-0.39, 0.29) is 0 Å². The molecule has 26 saturated carbocycles. The summed E-state index contributed by atoms with van der Waals surface area (Å²) in [4.78, 5) is 0. The Balaban J connectivity index is 1.04. The van der Waals surface area contributed by atoms with Crippen LogP contribution in [0, 0.1) is 193 Å². The largest absolute Gasteiger partial charge is 0.0461 e. The lowest BCUT2D eigenvalue weighted by atomic mass is 8.43. The summed E-state index contributed by atoms with van der Waals surface area (Å²) in [5.41, 5.74) is 17.9. The van der Waals surface area contributed by atoms with Crippen molar-refractivity contribution in [3.8, 4) is 0 Å². The molecule has 0 aromatic carbocycles. The van der Waals surface area contributed by atoms with Crippen molar-refractivity contribution in [2.24, 2.45) is 193 Å². The van der Waals surface area contributed by atoms with Crippen molar-refractivity contribution < 1.29 is 0 Å². The van der Waals surface area contributed by atoms with E-state index >= 15 is 0 Å². The first kappa shape index (κ1) is 13.1. The van der Waals surface area contributed by atoms with Crippen molar-refractivity contribution in [1.82, 2.24) is 0 Å². The standard InChI is InChI=1S/C38H26/c1-5-13-6-2-8-16-18-10-4-11-19-20-12-3-9-17-15-7(1)26-14(5)22-21(13)33-23(6,8)27(16)28(18)24(10,11)29(19)30(20)25(9,12)31(17)32(15,26)38(34(22,26)33)36(30,31)35(28,29)37(27,33)38/h5-22H,1-4H2. The zero-order valence-corrected chi connectivity index (χ0v) is 21.2. The molecular formula is C38H26. The summed E-state index contributed by atoms with van der Waals surface area (Å²) >= 11 is 0. The van der Waals surface area contributed by atoms with Crippen LogP contribution in [-0.4, -0.2) is 0 Å². The topological polar surface area (TPSA) is 0 Å². The van der Waals surface area contributed by atoms with Crippen molar-refractivity contribution in [1.29, 1.82) is 0 Å². The molecule has 0 amide bonds. The maximum Gasteiger partial charge on any atom is -0.000739 e. The molecule has 0 radical (unpaired) electrons. The Morgan fingerprint density at radius 2 is 0.658 bits per heavy atom. The molecule has 34 atom stereocenters. The summed E-state index contributed by atoms with van der Waals surface area (Å²) in [5.74, 6) is 24.7. The number of hydrogen-bond acceptors (Lipinski definition) is 0. The lowest BCUT2D eigenvalue weighted by Crippen LogP contribution is -3.58. The fourth-order valence-electron chi connectivity index (χ4n) is 39.9. The summed E-state index contributed by atoms with van der Waals surface area (Å²) in [7, 11) is 0. The highest BCUT2D eigenvalue weighted by Crippen LogP contribution is 3.63. The lowest BCUT2D eigenvalue weighted by molar-refractivity contribution is -1.15. The van der Waals surface area contributed by atoms with Crippen LogP contribution in [0.1, 0.15) is 25.7 Å². The first-order valence-corrected chi connectivity index (χ1v) is 18.9. The molecular weight excluding hydrogens is 456 g/mol. The van der Waals surface area contributed by atoms with Gasteiger partial charge >= 0.3 is 0 Å². The SMILES string of the molecule is C1C2C3C4C5CC6C7C8C9CC%10C%11C%12CC%13C%14C%15C1C21C32C43C56C74C85C96C%10C7C%11C89C%12%13C%14%10C%151C21C34C5(C768)C%1091. The van der Waals surface area contributed by atoms with E-state index in [9.17, 15) is 0 Å². The van der Waals surface area contributed by atoms with E-state index in [1.54, 1.807) is 0 Å². The maximum absolute atomic E-state index is 1.86. The second-order valence-electron chi connectivity index (χ2n) is 24.1. The molecule has 0 saturated heterocycles. The second kappa shape index (κ2) is 2.02. The minimum atomic E-state index is 1.09. The molecule has 0 aromatic rings. The molecule has 26 fully saturated rings. The Labute approximate surface area is 218 Å². The smallest absolute Gasteiger partial charge is 0.000739 e. The summed E-state index contributed by atoms with van der Waals surface area (Å²) in [5, 5.41) is 0. The van der Waals surface area contributed by atoms with Gasteiger partial charge in [0.25, 0.3) is 0 Å². The maximum atomic E-state index is 1.86. The van der Waals surface area contributed by atoms with Crippen molar-refractivity contribution in [2.45, 2.75) is 25.7 Å². The molecule has 0 aromatic heterocycles.